The molecule has 1 aromatic carbocycles. The summed E-state index contributed by atoms with van der Waals surface area (Å²) in [5.41, 5.74) is 8.39. The molecule has 1 heterocycles. The zero-order valence-corrected chi connectivity index (χ0v) is 12.7. The number of piperidine rings is 1. The van der Waals surface area contributed by atoms with Gasteiger partial charge in [0.15, 0.2) is 5.78 Å². The van der Waals surface area contributed by atoms with Crippen LogP contribution in [-0.4, -0.2) is 37.4 Å². The fraction of sp³-hybridized carbons (Fsp3) is 0.562. The van der Waals surface area contributed by atoms with Crippen LogP contribution in [-0.2, 0) is 0 Å². The summed E-state index contributed by atoms with van der Waals surface area (Å²) in [6.07, 6.45) is 2.41. The molecule has 0 unspecified atom stereocenters. The lowest BCUT2D eigenvalue weighted by molar-refractivity contribution is 0.101. The van der Waals surface area contributed by atoms with Crippen LogP contribution in [0.5, 0.6) is 0 Å². The van der Waals surface area contributed by atoms with Crippen LogP contribution in [0.3, 0.4) is 0 Å². The summed E-state index contributed by atoms with van der Waals surface area (Å²) in [5.74, 6) is 0.0105. The number of hydrogen-bond acceptors (Lipinski definition) is 4. The van der Waals surface area contributed by atoms with E-state index >= 15 is 0 Å². The van der Waals surface area contributed by atoms with Crippen molar-refractivity contribution in [1.82, 2.24) is 4.90 Å². The third-order valence-corrected chi connectivity index (χ3v) is 4.34. The van der Waals surface area contributed by atoms with Gasteiger partial charge in [-0.2, -0.15) is 0 Å². The maximum absolute atomic E-state index is 11.4. The van der Waals surface area contributed by atoms with Crippen molar-refractivity contribution in [2.24, 2.45) is 5.41 Å². The van der Waals surface area contributed by atoms with Crippen molar-refractivity contribution in [3.05, 3.63) is 23.8 Å². The molecule has 1 aliphatic heterocycles. The first-order valence-electron chi connectivity index (χ1n) is 7.22. The van der Waals surface area contributed by atoms with Crippen molar-refractivity contribution in [2.75, 3.05) is 37.7 Å². The fourth-order valence-corrected chi connectivity index (χ4v) is 2.64. The van der Waals surface area contributed by atoms with Crippen molar-refractivity contribution in [3.63, 3.8) is 0 Å². The van der Waals surface area contributed by atoms with E-state index in [-0.39, 0.29) is 5.78 Å². The number of carbonyl (C=O) groups excluding carboxylic acids is 1. The van der Waals surface area contributed by atoms with Crippen molar-refractivity contribution in [1.29, 1.82) is 0 Å². The zero-order chi connectivity index (χ0) is 14.8. The fourth-order valence-electron chi connectivity index (χ4n) is 2.64. The predicted octanol–water partition coefficient (Wildman–Crippen LogP) is 2.62. The van der Waals surface area contributed by atoms with E-state index in [1.165, 1.54) is 12.8 Å². The number of nitrogens with zero attached hydrogens (tertiary/aromatic N) is 1. The minimum atomic E-state index is 0.0105. The van der Waals surface area contributed by atoms with Crippen LogP contribution in [0.2, 0.25) is 0 Å². The quantitative estimate of drug-likeness (QED) is 0.655. The van der Waals surface area contributed by atoms with Gasteiger partial charge in [-0.05, 0) is 63.5 Å². The Hall–Kier alpha value is -1.55. The molecule has 0 amide bonds. The van der Waals surface area contributed by atoms with Gasteiger partial charge in [-0.1, -0.05) is 6.92 Å². The Bertz CT molecular complexity index is 490. The van der Waals surface area contributed by atoms with Gasteiger partial charge in [0.2, 0.25) is 0 Å². The van der Waals surface area contributed by atoms with Crippen LogP contribution >= 0.6 is 0 Å². The third-order valence-electron chi connectivity index (χ3n) is 4.34. The van der Waals surface area contributed by atoms with Crippen LogP contribution in [0.4, 0.5) is 11.4 Å². The van der Waals surface area contributed by atoms with Gasteiger partial charge in [0.25, 0.3) is 0 Å². The molecular weight excluding hydrogens is 250 g/mol. The Balaban J connectivity index is 1.97. The molecule has 0 spiro atoms. The number of hydrogen-bond donors (Lipinski definition) is 2. The monoisotopic (exact) mass is 275 g/mol. The molecule has 110 valence electrons. The largest absolute Gasteiger partial charge is 0.398 e. The maximum Gasteiger partial charge on any atom is 0.161 e. The van der Waals surface area contributed by atoms with E-state index in [1.807, 2.05) is 12.1 Å². The summed E-state index contributed by atoms with van der Waals surface area (Å²) < 4.78 is 0. The molecule has 2 rings (SSSR count). The number of anilines is 2. The average Bonchev–Trinajstić information content (AvgIpc) is 2.40. The van der Waals surface area contributed by atoms with Gasteiger partial charge in [-0.15, -0.1) is 0 Å². The smallest absolute Gasteiger partial charge is 0.161 e. The normalized spacial score (nSPS) is 18.8. The van der Waals surface area contributed by atoms with Crippen LogP contribution in [0.15, 0.2) is 18.2 Å². The zero-order valence-electron chi connectivity index (χ0n) is 12.7. The lowest BCUT2D eigenvalue weighted by atomic mass is 9.80. The maximum atomic E-state index is 11.4. The summed E-state index contributed by atoms with van der Waals surface area (Å²) >= 11 is 0. The summed E-state index contributed by atoms with van der Waals surface area (Å²) in [7, 11) is 2.17. The Kier molecular flexibility index (Phi) is 4.33. The molecular formula is C16H25N3O. The standard InChI is InChI=1S/C16H25N3O/c1-12(20)14-5-4-13(10-15(14)17)18-11-16(2)6-8-19(3)9-7-16/h4-5,10,18H,6-9,11,17H2,1-3H3. The predicted molar refractivity (Wildman–Crippen MR) is 84.2 cm³/mol. The van der Waals surface area contributed by atoms with Gasteiger partial charge >= 0.3 is 0 Å². The number of carbonyl (C=O) groups is 1. The number of benzene rings is 1. The molecule has 0 aliphatic carbocycles. The minimum Gasteiger partial charge on any atom is -0.398 e. The highest BCUT2D eigenvalue weighted by atomic mass is 16.1. The van der Waals surface area contributed by atoms with Crippen LogP contribution in [0, 0.1) is 5.41 Å². The van der Waals surface area contributed by atoms with E-state index in [1.54, 1.807) is 13.0 Å². The SMILES string of the molecule is CC(=O)c1ccc(NCC2(C)CCN(C)CC2)cc1N. The molecule has 0 atom stereocenters. The Morgan fingerprint density at radius 1 is 1.40 bits per heavy atom. The number of nitrogen functional groups attached to an aromatic ring is 1. The molecule has 1 aromatic rings. The number of nitrogens with one attached hydrogen (secondary N) is 1. The molecule has 1 fully saturated rings. The number of likely N-dealkylation sites (tertiary alicyclic amines) is 1. The van der Waals surface area contributed by atoms with Crippen molar-refractivity contribution >= 4 is 17.2 Å². The molecule has 20 heavy (non-hydrogen) atoms. The first kappa shape index (κ1) is 14.9. The third kappa shape index (κ3) is 3.51. The highest BCUT2D eigenvalue weighted by Gasteiger charge is 2.28. The lowest BCUT2D eigenvalue weighted by Crippen LogP contribution is -2.40. The molecule has 0 saturated carbocycles. The van der Waals surface area contributed by atoms with Gasteiger partial charge in [-0.25, -0.2) is 0 Å². The molecule has 0 bridgehead atoms. The van der Waals surface area contributed by atoms with Gasteiger partial charge in [0, 0.05) is 23.5 Å². The van der Waals surface area contributed by atoms with Crippen LogP contribution in [0.1, 0.15) is 37.0 Å². The highest BCUT2D eigenvalue weighted by molar-refractivity contribution is 5.99. The van der Waals surface area contributed by atoms with E-state index in [4.69, 9.17) is 5.73 Å². The number of rotatable bonds is 4. The number of Topliss-reactive ketones (excluding diaryl/α,β-unsaturated/α-hetero) is 1. The summed E-state index contributed by atoms with van der Waals surface area (Å²) in [5, 5.41) is 3.47. The van der Waals surface area contributed by atoms with Gasteiger partial charge < -0.3 is 16.0 Å². The highest BCUT2D eigenvalue weighted by Crippen LogP contribution is 2.31. The molecule has 0 radical (unpaired) electrons. The first-order valence-corrected chi connectivity index (χ1v) is 7.22. The second kappa shape index (κ2) is 5.83. The molecule has 0 aromatic heterocycles. The van der Waals surface area contributed by atoms with Crippen molar-refractivity contribution in [3.8, 4) is 0 Å². The molecule has 1 saturated heterocycles. The molecule has 4 nitrogen and oxygen atoms in total. The molecule has 3 N–H and O–H groups in total. The lowest BCUT2D eigenvalue weighted by Gasteiger charge is -2.38. The summed E-state index contributed by atoms with van der Waals surface area (Å²) in [6.45, 7) is 7.13. The van der Waals surface area contributed by atoms with Crippen molar-refractivity contribution < 1.29 is 4.79 Å². The van der Waals surface area contributed by atoms with Gasteiger partial charge in [0.05, 0.1) is 0 Å². The minimum absolute atomic E-state index is 0.0105. The second-order valence-electron chi connectivity index (χ2n) is 6.33. The van der Waals surface area contributed by atoms with Crippen LogP contribution < -0.4 is 11.1 Å². The van der Waals surface area contributed by atoms with E-state index in [9.17, 15) is 4.79 Å². The second-order valence-corrected chi connectivity index (χ2v) is 6.33. The first-order chi connectivity index (χ1) is 9.39. The van der Waals surface area contributed by atoms with Crippen molar-refractivity contribution in [2.45, 2.75) is 26.7 Å². The average molecular weight is 275 g/mol. The topological polar surface area (TPSA) is 58.4 Å². The van der Waals surface area contributed by atoms with E-state index < -0.39 is 0 Å². The molecule has 4 heteroatoms. The summed E-state index contributed by atoms with van der Waals surface area (Å²) in [4.78, 5) is 13.7. The van der Waals surface area contributed by atoms with E-state index in [0.717, 1.165) is 25.3 Å². The van der Waals surface area contributed by atoms with E-state index in [2.05, 4.69) is 24.2 Å². The number of nitrogens with two attached hydrogens (primary N) is 1. The van der Waals surface area contributed by atoms with Gasteiger partial charge in [-0.3, -0.25) is 4.79 Å². The molecule has 1 aliphatic rings. The number of ketones is 1. The van der Waals surface area contributed by atoms with Crippen LogP contribution in [0.25, 0.3) is 0 Å². The van der Waals surface area contributed by atoms with Gasteiger partial charge in [0.1, 0.15) is 0 Å². The van der Waals surface area contributed by atoms with E-state index in [0.29, 0.717) is 16.7 Å². The Labute approximate surface area is 121 Å². The Morgan fingerprint density at radius 3 is 2.60 bits per heavy atom. The summed E-state index contributed by atoms with van der Waals surface area (Å²) in [6, 6.07) is 5.59. The Morgan fingerprint density at radius 2 is 2.05 bits per heavy atom.